The molecule has 1 aromatic carbocycles. The summed E-state index contributed by atoms with van der Waals surface area (Å²) in [4.78, 5) is 3.65. The van der Waals surface area contributed by atoms with E-state index in [1.807, 2.05) is 25.1 Å². The minimum absolute atomic E-state index is 0.193. The van der Waals surface area contributed by atoms with Gasteiger partial charge in [-0.2, -0.15) is 0 Å². The van der Waals surface area contributed by atoms with E-state index in [1.165, 1.54) is 12.3 Å². The molecule has 0 fully saturated rings. The Kier molecular flexibility index (Phi) is 3.52. The Bertz CT molecular complexity index is 541. The molecule has 0 N–H and O–H groups in total. The molecule has 0 radical (unpaired) electrons. The number of pyridine rings is 1. The maximum absolute atomic E-state index is 12.6. The lowest BCUT2D eigenvalue weighted by Crippen LogP contribution is -1.91. The highest BCUT2D eigenvalue weighted by atomic mass is 79.9. The van der Waals surface area contributed by atoms with Gasteiger partial charge in [0, 0.05) is 10.7 Å². The fraction of sp³-hybridized carbons (Fsp3) is 0.154. The van der Waals surface area contributed by atoms with Crippen molar-refractivity contribution in [3.63, 3.8) is 0 Å². The molecule has 0 aliphatic carbocycles. The van der Waals surface area contributed by atoms with Crippen LogP contribution in [-0.4, -0.2) is 4.98 Å². The third-order valence-corrected chi connectivity index (χ3v) is 3.44. The molecule has 0 bridgehead atoms. The summed E-state index contributed by atoms with van der Waals surface area (Å²) < 4.78 is 26.1. The van der Waals surface area contributed by atoms with Crippen LogP contribution in [0.2, 0.25) is 0 Å². The number of rotatable bonds is 2. The standard InChI is InChI=1S/C13H10BrF2N/c1-8-10(3-2-4-11(8)14)9-5-6-17-12(7-9)13(15)16/h2-7,13H,1H3. The van der Waals surface area contributed by atoms with Gasteiger partial charge in [-0.25, -0.2) is 8.78 Å². The lowest BCUT2D eigenvalue weighted by molar-refractivity contribution is 0.146. The number of halogens is 3. The van der Waals surface area contributed by atoms with Gasteiger partial charge in [0.05, 0.1) is 0 Å². The quantitative estimate of drug-likeness (QED) is 0.779. The second kappa shape index (κ2) is 4.92. The molecule has 0 saturated heterocycles. The summed E-state index contributed by atoms with van der Waals surface area (Å²) in [6.45, 7) is 1.95. The van der Waals surface area contributed by atoms with E-state index in [4.69, 9.17) is 0 Å². The summed E-state index contributed by atoms with van der Waals surface area (Å²) in [5.41, 5.74) is 2.53. The van der Waals surface area contributed by atoms with E-state index in [2.05, 4.69) is 20.9 Å². The number of benzene rings is 1. The van der Waals surface area contributed by atoms with Crippen molar-refractivity contribution in [2.24, 2.45) is 0 Å². The molecule has 1 heterocycles. The smallest absolute Gasteiger partial charge is 0.255 e. The first-order chi connectivity index (χ1) is 8.09. The lowest BCUT2D eigenvalue weighted by atomic mass is 10.0. The van der Waals surface area contributed by atoms with Crippen molar-refractivity contribution in [2.75, 3.05) is 0 Å². The van der Waals surface area contributed by atoms with Crippen molar-refractivity contribution < 1.29 is 8.78 Å². The third-order valence-electron chi connectivity index (χ3n) is 2.58. The van der Waals surface area contributed by atoms with Crippen molar-refractivity contribution in [3.05, 3.63) is 52.3 Å². The van der Waals surface area contributed by atoms with Crippen molar-refractivity contribution in [2.45, 2.75) is 13.3 Å². The van der Waals surface area contributed by atoms with Gasteiger partial charge in [-0.3, -0.25) is 4.98 Å². The normalized spacial score (nSPS) is 10.9. The van der Waals surface area contributed by atoms with Gasteiger partial charge in [0.15, 0.2) is 0 Å². The van der Waals surface area contributed by atoms with E-state index in [0.717, 1.165) is 21.2 Å². The van der Waals surface area contributed by atoms with Gasteiger partial charge >= 0.3 is 0 Å². The zero-order valence-corrected chi connectivity index (χ0v) is 10.7. The van der Waals surface area contributed by atoms with Crippen LogP contribution in [0.15, 0.2) is 41.0 Å². The van der Waals surface area contributed by atoms with Crippen molar-refractivity contribution in [3.8, 4) is 11.1 Å². The Morgan fingerprint density at radius 2 is 2.00 bits per heavy atom. The van der Waals surface area contributed by atoms with Crippen LogP contribution in [0.4, 0.5) is 8.78 Å². The average Bonchev–Trinajstić information content (AvgIpc) is 2.33. The van der Waals surface area contributed by atoms with E-state index in [-0.39, 0.29) is 5.69 Å². The number of hydrogen-bond donors (Lipinski definition) is 0. The van der Waals surface area contributed by atoms with E-state index in [0.29, 0.717) is 0 Å². The van der Waals surface area contributed by atoms with Crippen LogP contribution in [0.1, 0.15) is 17.7 Å². The molecular weight excluding hydrogens is 288 g/mol. The second-order valence-electron chi connectivity index (χ2n) is 3.68. The molecule has 2 aromatic rings. The van der Waals surface area contributed by atoms with E-state index in [1.54, 1.807) is 6.07 Å². The predicted molar refractivity (Wildman–Crippen MR) is 67.1 cm³/mol. The second-order valence-corrected chi connectivity index (χ2v) is 4.54. The van der Waals surface area contributed by atoms with Gasteiger partial charge < -0.3 is 0 Å². The maximum Gasteiger partial charge on any atom is 0.280 e. The van der Waals surface area contributed by atoms with Crippen LogP contribution in [0.3, 0.4) is 0 Å². The maximum atomic E-state index is 12.6. The Labute approximate surface area is 107 Å². The zero-order valence-electron chi connectivity index (χ0n) is 9.12. The van der Waals surface area contributed by atoms with Crippen LogP contribution in [0.5, 0.6) is 0 Å². The monoisotopic (exact) mass is 297 g/mol. The van der Waals surface area contributed by atoms with Crippen molar-refractivity contribution in [1.82, 2.24) is 4.98 Å². The Morgan fingerprint density at radius 1 is 1.24 bits per heavy atom. The summed E-state index contributed by atoms with van der Waals surface area (Å²) >= 11 is 3.43. The number of hydrogen-bond acceptors (Lipinski definition) is 1. The minimum Gasteiger partial charge on any atom is -0.255 e. The van der Waals surface area contributed by atoms with Crippen LogP contribution in [0, 0.1) is 6.92 Å². The van der Waals surface area contributed by atoms with Gasteiger partial charge in [0.2, 0.25) is 0 Å². The van der Waals surface area contributed by atoms with Crippen molar-refractivity contribution in [1.29, 1.82) is 0 Å². The fourth-order valence-corrected chi connectivity index (χ4v) is 2.02. The van der Waals surface area contributed by atoms with Gasteiger partial charge in [-0.1, -0.05) is 28.1 Å². The Morgan fingerprint density at radius 3 is 2.71 bits per heavy atom. The molecule has 2 rings (SSSR count). The van der Waals surface area contributed by atoms with Crippen LogP contribution >= 0.6 is 15.9 Å². The van der Waals surface area contributed by atoms with Crippen LogP contribution < -0.4 is 0 Å². The van der Waals surface area contributed by atoms with Crippen LogP contribution in [0.25, 0.3) is 11.1 Å². The highest BCUT2D eigenvalue weighted by molar-refractivity contribution is 9.10. The Balaban J connectivity index is 2.53. The molecule has 88 valence electrons. The minimum atomic E-state index is -2.54. The molecule has 0 unspecified atom stereocenters. The topological polar surface area (TPSA) is 12.9 Å². The zero-order chi connectivity index (χ0) is 12.4. The summed E-state index contributed by atoms with van der Waals surface area (Å²) in [5.74, 6) is 0. The average molecular weight is 298 g/mol. The highest BCUT2D eigenvalue weighted by Gasteiger charge is 2.11. The highest BCUT2D eigenvalue weighted by Crippen LogP contribution is 2.30. The van der Waals surface area contributed by atoms with E-state index >= 15 is 0 Å². The number of nitrogens with zero attached hydrogens (tertiary/aromatic N) is 1. The molecule has 4 heteroatoms. The molecule has 0 saturated carbocycles. The molecule has 0 spiro atoms. The molecule has 17 heavy (non-hydrogen) atoms. The predicted octanol–water partition coefficient (Wildman–Crippen LogP) is 4.76. The van der Waals surface area contributed by atoms with Gasteiger partial charge in [-0.05, 0) is 41.8 Å². The summed E-state index contributed by atoms with van der Waals surface area (Å²) in [5, 5.41) is 0. The summed E-state index contributed by atoms with van der Waals surface area (Å²) in [7, 11) is 0. The number of aromatic nitrogens is 1. The van der Waals surface area contributed by atoms with Gasteiger partial charge in [0.25, 0.3) is 6.43 Å². The summed E-state index contributed by atoms with van der Waals surface area (Å²) in [6, 6.07) is 8.88. The first-order valence-corrected chi connectivity index (χ1v) is 5.88. The molecule has 0 aliphatic heterocycles. The van der Waals surface area contributed by atoms with Crippen molar-refractivity contribution >= 4 is 15.9 Å². The molecule has 0 aliphatic rings. The van der Waals surface area contributed by atoms with E-state index < -0.39 is 6.43 Å². The van der Waals surface area contributed by atoms with E-state index in [9.17, 15) is 8.78 Å². The Hall–Kier alpha value is -1.29. The fourth-order valence-electron chi connectivity index (χ4n) is 1.66. The molecule has 0 atom stereocenters. The molecule has 0 amide bonds. The third kappa shape index (κ3) is 2.52. The van der Waals surface area contributed by atoms with Gasteiger partial charge in [-0.15, -0.1) is 0 Å². The number of alkyl halides is 2. The van der Waals surface area contributed by atoms with Gasteiger partial charge in [0.1, 0.15) is 5.69 Å². The molecule has 1 aromatic heterocycles. The summed E-state index contributed by atoms with van der Waals surface area (Å²) in [6.07, 6.45) is -1.13. The van der Waals surface area contributed by atoms with Crippen LogP contribution in [-0.2, 0) is 0 Å². The molecule has 1 nitrogen and oxygen atoms in total. The first kappa shape index (κ1) is 12.2. The first-order valence-electron chi connectivity index (χ1n) is 5.09. The largest absolute Gasteiger partial charge is 0.280 e. The SMILES string of the molecule is Cc1c(Br)cccc1-c1ccnc(C(F)F)c1. The molecular formula is C13H10BrF2N. The lowest BCUT2D eigenvalue weighted by Gasteiger charge is -2.08.